The summed E-state index contributed by atoms with van der Waals surface area (Å²) in [6.45, 7) is 4.28. The molecule has 1 aliphatic heterocycles. The highest BCUT2D eigenvalue weighted by Crippen LogP contribution is 2.34. The first-order valence-corrected chi connectivity index (χ1v) is 14.5. The molecule has 1 aliphatic rings. The van der Waals surface area contributed by atoms with Crippen LogP contribution in [0.5, 0.6) is 0 Å². The Morgan fingerprint density at radius 1 is 0.558 bits per heavy atom. The molecule has 0 amide bonds. The maximum atomic E-state index is 6.38. The first kappa shape index (κ1) is 27.7. The quantitative estimate of drug-likeness (QED) is 0.147. The lowest BCUT2D eigenvalue weighted by Gasteiger charge is -2.19. The smallest absolute Gasteiger partial charge is 0.361 e. The van der Waals surface area contributed by atoms with Crippen molar-refractivity contribution in [2.45, 2.75) is 13.8 Å². The van der Waals surface area contributed by atoms with E-state index in [4.69, 9.17) is 9.15 Å². The molecule has 208 valence electrons. The van der Waals surface area contributed by atoms with E-state index in [1.54, 1.807) is 0 Å². The second kappa shape index (κ2) is 13.0. The fourth-order valence-corrected chi connectivity index (χ4v) is 4.97. The summed E-state index contributed by atoms with van der Waals surface area (Å²) in [6.07, 6.45) is 10.7. The van der Waals surface area contributed by atoms with Gasteiger partial charge in [0.1, 0.15) is 11.5 Å². The summed E-state index contributed by atoms with van der Waals surface area (Å²) in [6, 6.07) is 45.2. The van der Waals surface area contributed by atoms with Crippen molar-refractivity contribution in [3.63, 3.8) is 0 Å². The van der Waals surface area contributed by atoms with Crippen LogP contribution in [-0.4, -0.2) is 0 Å². The Labute approximate surface area is 254 Å². The van der Waals surface area contributed by atoms with Gasteiger partial charge in [0.15, 0.2) is 0 Å². The third-order valence-corrected chi connectivity index (χ3v) is 7.42. The van der Waals surface area contributed by atoms with Gasteiger partial charge in [-0.3, -0.25) is 0 Å². The molecule has 0 N–H and O–H groups in total. The van der Waals surface area contributed by atoms with Gasteiger partial charge in [-0.05, 0) is 72.5 Å². The van der Waals surface area contributed by atoms with E-state index in [0.29, 0.717) is 0 Å². The van der Waals surface area contributed by atoms with Gasteiger partial charge in [0.05, 0.1) is 23.3 Å². The second-order valence-electron chi connectivity index (χ2n) is 10.5. The Balaban J connectivity index is 1.35. The molecule has 0 saturated carbocycles. The Morgan fingerprint density at radius 2 is 0.977 bits per heavy atom. The molecule has 0 spiro atoms. The summed E-state index contributed by atoms with van der Waals surface area (Å²) in [7, 11) is 0. The molecule has 5 aromatic rings. The van der Waals surface area contributed by atoms with E-state index in [9.17, 15) is 0 Å². The summed E-state index contributed by atoms with van der Waals surface area (Å²) < 4.78 is 12.8. The highest BCUT2D eigenvalue weighted by atomic mass is 16.5. The average Bonchev–Trinajstić information content (AvgIpc) is 3.09. The van der Waals surface area contributed by atoms with Crippen LogP contribution in [0.15, 0.2) is 179 Å². The number of hydrogen-bond donors (Lipinski definition) is 0. The Kier molecular flexibility index (Phi) is 8.38. The van der Waals surface area contributed by atoms with Crippen molar-refractivity contribution >= 4 is 17.1 Å². The van der Waals surface area contributed by atoms with Gasteiger partial charge < -0.3 is 4.74 Å². The van der Waals surface area contributed by atoms with Gasteiger partial charge in [-0.1, -0.05) is 115 Å². The highest BCUT2D eigenvalue weighted by Gasteiger charge is 2.20. The first-order valence-electron chi connectivity index (χ1n) is 14.5. The third-order valence-electron chi connectivity index (χ3n) is 7.42. The molecule has 2 heteroatoms. The molecule has 0 radical (unpaired) electrons. The van der Waals surface area contributed by atoms with Crippen LogP contribution in [0.25, 0.3) is 39.7 Å². The summed E-state index contributed by atoms with van der Waals surface area (Å²) >= 11 is 0. The Bertz CT molecular complexity index is 1740. The molecule has 0 fully saturated rings. The van der Waals surface area contributed by atoms with Crippen molar-refractivity contribution in [2.24, 2.45) is 0 Å². The van der Waals surface area contributed by atoms with E-state index >= 15 is 0 Å². The molecule has 0 bridgehead atoms. The lowest BCUT2D eigenvalue weighted by atomic mass is 10.00. The molecule has 1 aromatic heterocycles. The monoisotopic (exact) mass is 557 g/mol. The standard InChI is InChI=1S/C41H33O2/c1-30(36-26-38(32-18-7-3-8-19-32)42-39(27-36)33-20-9-4-10-21-33)16-15-17-31(2)37-28-40(34-22-11-5-12-23-34)43-41(29-37)35-24-13-6-14-25-35/h3-29H,1-2H3/q+1. The van der Waals surface area contributed by atoms with Gasteiger partial charge in [-0.25, -0.2) is 4.42 Å². The van der Waals surface area contributed by atoms with E-state index in [0.717, 1.165) is 67.6 Å². The minimum absolute atomic E-state index is 0.839. The minimum Gasteiger partial charge on any atom is -0.456 e. The van der Waals surface area contributed by atoms with Gasteiger partial charge in [0.25, 0.3) is 0 Å². The summed E-state index contributed by atoms with van der Waals surface area (Å²) in [5.41, 5.74) is 8.71. The second-order valence-corrected chi connectivity index (χ2v) is 10.5. The number of ether oxygens (including phenoxy) is 1. The largest absolute Gasteiger partial charge is 0.456 e. The number of benzene rings is 4. The van der Waals surface area contributed by atoms with Crippen molar-refractivity contribution in [3.05, 3.63) is 192 Å². The van der Waals surface area contributed by atoms with Crippen LogP contribution >= 0.6 is 0 Å². The average molecular weight is 558 g/mol. The maximum absolute atomic E-state index is 6.38. The van der Waals surface area contributed by atoms with Crippen LogP contribution in [0.2, 0.25) is 0 Å². The zero-order valence-electron chi connectivity index (χ0n) is 24.4. The summed E-state index contributed by atoms with van der Waals surface area (Å²) in [4.78, 5) is 0. The van der Waals surface area contributed by atoms with Crippen LogP contribution in [0.4, 0.5) is 0 Å². The van der Waals surface area contributed by atoms with Gasteiger partial charge in [-0.2, -0.15) is 0 Å². The van der Waals surface area contributed by atoms with Crippen LogP contribution in [-0.2, 0) is 4.74 Å². The fraction of sp³-hybridized carbons (Fsp3) is 0.0488. The molecule has 0 atom stereocenters. The topological polar surface area (TPSA) is 20.5 Å². The van der Waals surface area contributed by atoms with Crippen molar-refractivity contribution in [1.82, 2.24) is 0 Å². The van der Waals surface area contributed by atoms with Gasteiger partial charge >= 0.3 is 11.5 Å². The molecular weight excluding hydrogens is 524 g/mol. The van der Waals surface area contributed by atoms with E-state index in [1.807, 2.05) is 72.8 Å². The number of allylic oxidation sites excluding steroid dienone is 8. The lowest BCUT2D eigenvalue weighted by molar-refractivity contribution is 0.466. The normalized spacial score (nSPS) is 13.3. The van der Waals surface area contributed by atoms with Crippen molar-refractivity contribution in [3.8, 4) is 22.6 Å². The van der Waals surface area contributed by atoms with Crippen molar-refractivity contribution < 1.29 is 9.15 Å². The molecule has 0 unspecified atom stereocenters. The molecule has 2 heterocycles. The van der Waals surface area contributed by atoms with E-state index in [1.165, 1.54) is 0 Å². The summed E-state index contributed by atoms with van der Waals surface area (Å²) in [5.74, 6) is 3.36. The Morgan fingerprint density at radius 3 is 1.42 bits per heavy atom. The van der Waals surface area contributed by atoms with Gasteiger partial charge in [-0.15, -0.1) is 0 Å². The molecule has 4 aromatic carbocycles. The van der Waals surface area contributed by atoms with Gasteiger partial charge in [0.2, 0.25) is 0 Å². The first-order chi connectivity index (χ1) is 21.1. The van der Waals surface area contributed by atoms with Crippen LogP contribution in [0, 0.1) is 0 Å². The third kappa shape index (κ3) is 6.72. The number of hydrogen-bond acceptors (Lipinski definition) is 1. The molecule has 2 nitrogen and oxygen atoms in total. The predicted molar refractivity (Wildman–Crippen MR) is 179 cm³/mol. The van der Waals surface area contributed by atoms with Crippen molar-refractivity contribution in [1.29, 1.82) is 0 Å². The van der Waals surface area contributed by atoms with Crippen LogP contribution in [0.1, 0.15) is 30.5 Å². The zero-order chi connectivity index (χ0) is 29.4. The molecule has 0 aliphatic carbocycles. The van der Waals surface area contributed by atoms with E-state index in [2.05, 4.69) is 105 Å². The maximum Gasteiger partial charge on any atom is 0.361 e. The SMILES string of the molecule is CC(/C=C/C=C(\C)c1cc(-c2ccccc2)[o+]c(-c2ccccc2)c1)=C1C=C(c2ccccc2)OC(c2ccccc2)=C1. The zero-order valence-corrected chi connectivity index (χ0v) is 24.4. The molecular formula is C41H33O2+. The molecule has 0 saturated heterocycles. The molecule has 6 rings (SSSR count). The van der Waals surface area contributed by atoms with Crippen LogP contribution < -0.4 is 0 Å². The summed E-state index contributed by atoms with van der Waals surface area (Å²) in [5, 5.41) is 0. The molecule has 43 heavy (non-hydrogen) atoms. The number of rotatable bonds is 7. The minimum atomic E-state index is 0.839. The van der Waals surface area contributed by atoms with Crippen LogP contribution in [0.3, 0.4) is 0 Å². The van der Waals surface area contributed by atoms with Gasteiger partial charge in [0, 0.05) is 11.1 Å². The predicted octanol–water partition coefficient (Wildman–Crippen LogP) is 11.3. The van der Waals surface area contributed by atoms with E-state index < -0.39 is 0 Å². The Hall–Kier alpha value is -5.47. The lowest BCUT2D eigenvalue weighted by Crippen LogP contribution is -2.00. The highest BCUT2D eigenvalue weighted by molar-refractivity contribution is 5.78. The fourth-order valence-electron chi connectivity index (χ4n) is 4.97. The van der Waals surface area contributed by atoms with Crippen molar-refractivity contribution in [2.75, 3.05) is 0 Å². The van der Waals surface area contributed by atoms with E-state index in [-0.39, 0.29) is 0 Å².